The number of carbonyl (C=O) groups excluding carboxylic acids is 8. The highest BCUT2D eigenvalue weighted by molar-refractivity contribution is 6.01. The van der Waals surface area contributed by atoms with Crippen LogP contribution in [-0.2, 0) is 47.7 Å². The quantitative estimate of drug-likeness (QED) is 0.0734. The zero-order valence-corrected chi connectivity index (χ0v) is 46.3. The summed E-state index contributed by atoms with van der Waals surface area (Å²) in [5.74, 6) is -4.34. The van der Waals surface area contributed by atoms with Crippen molar-refractivity contribution in [3.8, 4) is 0 Å². The first-order valence-corrected chi connectivity index (χ1v) is 26.1. The molecule has 430 valence electrons. The van der Waals surface area contributed by atoms with Gasteiger partial charge in [0.05, 0.1) is 44.7 Å². The minimum atomic E-state index is -4.51. The highest BCUT2D eigenvalue weighted by Crippen LogP contribution is 2.30. The number of hydrogen-bond donors (Lipinski definition) is 4. The standard InChI is InChI=1S/C27H34F3N5O6.C27H37N5O6/c1-14(2)20(22(36)23-31-19(41-34-23)13-16-8-6-9-17(12-16)27(28,29)30)32-24(37)18-10-7-11-35(18)25(38)21(15(3)4)33-26(39)40-5;1-15(2)21(23(33)25-31-30-20(38-25)14-18-10-7-9-17(5)13-18)28-24(34)19-11-8-12-32(19)26(35)22(16(3)4)29-27(36)37-6/h6,8-9,12,14-15,18,20-21H,7,10-11,13H2,1-5H3,(H,32,37)(H,33,39);7,9-10,13,15-16,19,21-22H,8,11-12,14H2,1-6H3,(H,28,34)(H,29,36)/t18-,20-,21-;19-,21-,22-/m00/s1. The first-order chi connectivity index (χ1) is 37.2. The van der Waals surface area contributed by atoms with Crippen LogP contribution in [0.1, 0.15) is 136 Å². The Kier molecular flexibility index (Phi) is 21.8. The molecule has 6 amide bonds. The number of nitrogens with zero attached hydrogens (tertiary/aromatic N) is 6. The van der Waals surface area contributed by atoms with E-state index < -0.39 is 95.4 Å². The van der Waals surface area contributed by atoms with Crippen molar-refractivity contribution >= 4 is 47.4 Å². The van der Waals surface area contributed by atoms with Crippen LogP contribution in [0.5, 0.6) is 0 Å². The molecule has 22 nitrogen and oxygen atoms in total. The van der Waals surface area contributed by atoms with Crippen LogP contribution < -0.4 is 21.3 Å². The summed E-state index contributed by atoms with van der Waals surface area (Å²) in [4.78, 5) is 110. The van der Waals surface area contributed by atoms with E-state index in [4.69, 9.17) is 8.94 Å². The number of ketones is 2. The Bertz CT molecular complexity index is 2800. The van der Waals surface area contributed by atoms with Crippen LogP contribution in [0.2, 0.25) is 0 Å². The van der Waals surface area contributed by atoms with Gasteiger partial charge in [-0.2, -0.15) is 18.2 Å². The summed E-state index contributed by atoms with van der Waals surface area (Å²) in [5.41, 5.74) is 1.52. The number of ether oxygens (including phenoxy) is 2. The Morgan fingerprint density at radius 1 is 0.633 bits per heavy atom. The summed E-state index contributed by atoms with van der Waals surface area (Å²) in [5, 5.41) is 22.2. The molecule has 6 atom stereocenters. The number of aromatic nitrogens is 4. The van der Waals surface area contributed by atoms with Crippen LogP contribution in [0, 0.1) is 30.6 Å². The molecule has 2 aliphatic heterocycles. The maximum atomic E-state index is 13.3. The maximum absolute atomic E-state index is 13.3. The van der Waals surface area contributed by atoms with Crippen molar-refractivity contribution < 1.29 is 69.9 Å². The second kappa shape index (κ2) is 27.7. The molecule has 79 heavy (non-hydrogen) atoms. The third-order valence-corrected chi connectivity index (χ3v) is 13.4. The zero-order chi connectivity index (χ0) is 58.5. The number of alkyl halides is 3. The minimum absolute atomic E-state index is 0.0631. The molecule has 2 saturated heterocycles. The number of likely N-dealkylation sites (tertiary alicyclic amines) is 2. The second-order valence-electron chi connectivity index (χ2n) is 20.8. The van der Waals surface area contributed by atoms with Crippen molar-refractivity contribution in [1.29, 1.82) is 0 Å². The summed E-state index contributed by atoms with van der Waals surface area (Å²) in [6.45, 7) is 16.8. The molecular formula is C54H71F3N10O12. The Balaban J connectivity index is 0.000000291. The summed E-state index contributed by atoms with van der Waals surface area (Å²) in [6.07, 6.45) is -3.75. The molecule has 4 aromatic rings. The van der Waals surface area contributed by atoms with Crippen LogP contribution in [0.15, 0.2) is 57.5 Å². The molecule has 0 spiro atoms. The fraction of sp³-hybridized carbons (Fsp3) is 0.556. The average Bonchev–Trinajstić information content (AvgIpc) is 4.26. The maximum Gasteiger partial charge on any atom is 0.416 e. The fourth-order valence-corrected chi connectivity index (χ4v) is 9.08. The largest absolute Gasteiger partial charge is 0.453 e. The van der Waals surface area contributed by atoms with E-state index in [9.17, 15) is 51.5 Å². The number of carbonyl (C=O) groups is 8. The van der Waals surface area contributed by atoms with Crippen molar-refractivity contribution in [2.24, 2.45) is 23.7 Å². The average molecular weight is 1110 g/mol. The molecule has 25 heteroatoms. The van der Waals surface area contributed by atoms with E-state index in [2.05, 4.69) is 51.1 Å². The summed E-state index contributed by atoms with van der Waals surface area (Å²) in [6, 6.07) is 7.14. The lowest BCUT2D eigenvalue weighted by molar-refractivity contribution is -0.141. The van der Waals surface area contributed by atoms with Gasteiger partial charge in [0.1, 0.15) is 24.2 Å². The Morgan fingerprint density at radius 3 is 1.57 bits per heavy atom. The van der Waals surface area contributed by atoms with E-state index in [0.29, 0.717) is 51.1 Å². The highest BCUT2D eigenvalue weighted by atomic mass is 19.4. The number of benzene rings is 2. The number of methoxy groups -OCH3 is 2. The number of hydrogen-bond acceptors (Lipinski definition) is 16. The minimum Gasteiger partial charge on any atom is -0.453 e. The lowest BCUT2D eigenvalue weighted by atomic mass is 9.98. The molecule has 0 aliphatic carbocycles. The molecule has 4 heterocycles. The van der Waals surface area contributed by atoms with Gasteiger partial charge in [0.25, 0.3) is 5.89 Å². The molecule has 2 aromatic carbocycles. The van der Waals surface area contributed by atoms with Gasteiger partial charge in [0.15, 0.2) is 0 Å². The number of alkyl carbamates (subject to hydrolysis) is 2. The van der Waals surface area contributed by atoms with Crippen molar-refractivity contribution in [3.05, 3.63) is 94.3 Å². The molecular weight excluding hydrogens is 1040 g/mol. The molecule has 4 N–H and O–H groups in total. The first kappa shape index (κ1) is 62.1. The van der Waals surface area contributed by atoms with Crippen molar-refractivity contribution in [3.63, 3.8) is 0 Å². The van der Waals surface area contributed by atoms with E-state index in [1.54, 1.807) is 55.4 Å². The van der Waals surface area contributed by atoms with E-state index in [0.717, 1.165) is 23.3 Å². The monoisotopic (exact) mass is 1110 g/mol. The van der Waals surface area contributed by atoms with Gasteiger partial charge in [-0.05, 0) is 73.5 Å². The number of rotatable bonds is 20. The van der Waals surface area contributed by atoms with Gasteiger partial charge in [-0.3, -0.25) is 28.8 Å². The predicted octanol–water partition coefficient (Wildman–Crippen LogP) is 6.04. The summed E-state index contributed by atoms with van der Waals surface area (Å²) < 4.78 is 59.1. The van der Waals surface area contributed by atoms with Crippen molar-refractivity contribution in [2.75, 3.05) is 27.3 Å². The van der Waals surface area contributed by atoms with Crippen LogP contribution in [0.4, 0.5) is 22.8 Å². The zero-order valence-electron chi connectivity index (χ0n) is 46.3. The molecule has 0 unspecified atom stereocenters. The third kappa shape index (κ3) is 16.6. The van der Waals surface area contributed by atoms with Gasteiger partial charge < -0.3 is 49.5 Å². The number of nitrogens with one attached hydrogen (secondary N) is 4. The van der Waals surface area contributed by atoms with E-state index in [1.807, 2.05) is 31.2 Å². The smallest absolute Gasteiger partial charge is 0.416 e. The van der Waals surface area contributed by atoms with Crippen LogP contribution in [-0.4, -0.2) is 141 Å². The Hall–Kier alpha value is -7.73. The molecule has 0 saturated carbocycles. The fourth-order valence-electron chi connectivity index (χ4n) is 9.08. The number of halogens is 3. The van der Waals surface area contributed by atoms with Gasteiger partial charge in [0, 0.05) is 13.1 Å². The number of Topliss-reactive ketones (excluding diaryl/α,β-unsaturated/α-hetero) is 2. The molecule has 0 radical (unpaired) electrons. The van der Waals surface area contributed by atoms with Crippen molar-refractivity contribution in [1.82, 2.24) is 51.4 Å². The van der Waals surface area contributed by atoms with Crippen LogP contribution in [0.25, 0.3) is 0 Å². The van der Waals surface area contributed by atoms with Crippen LogP contribution in [0.3, 0.4) is 0 Å². The molecule has 2 fully saturated rings. The lowest BCUT2D eigenvalue weighted by Gasteiger charge is -2.31. The topological polar surface area (TPSA) is 287 Å². The Morgan fingerprint density at radius 2 is 1.10 bits per heavy atom. The molecule has 2 aromatic heterocycles. The highest BCUT2D eigenvalue weighted by Gasteiger charge is 2.43. The molecule has 0 bridgehead atoms. The molecule has 2 aliphatic rings. The van der Waals surface area contributed by atoms with Gasteiger partial charge in [0.2, 0.25) is 52.8 Å². The molecule has 6 rings (SSSR count). The van der Waals surface area contributed by atoms with Gasteiger partial charge >= 0.3 is 18.4 Å². The van der Waals surface area contributed by atoms with Crippen molar-refractivity contribution in [2.45, 2.75) is 143 Å². The second-order valence-corrected chi connectivity index (χ2v) is 20.8. The summed E-state index contributed by atoms with van der Waals surface area (Å²) in [7, 11) is 2.41. The number of aryl methyl sites for hydroxylation is 1. The summed E-state index contributed by atoms with van der Waals surface area (Å²) >= 11 is 0. The first-order valence-electron chi connectivity index (χ1n) is 26.1. The third-order valence-electron chi connectivity index (χ3n) is 13.4. The Labute approximate surface area is 456 Å². The SMILES string of the molecule is COC(=O)N[C@H](C(=O)N1CCC[C@H]1C(=O)N[C@H](C(=O)c1nnc(Cc2cccc(C)c2)o1)C(C)C)C(C)C.COC(=O)N[C@H](C(=O)N1CCC[C@H]1C(=O)N[C@H](C(=O)c1noc(Cc2cccc(C(F)(F)F)c2)n1)C(C)C)C(C)C. The van der Waals surface area contributed by atoms with Gasteiger partial charge in [-0.15, -0.1) is 10.2 Å². The van der Waals surface area contributed by atoms with Gasteiger partial charge in [-0.25, -0.2) is 9.59 Å². The lowest BCUT2D eigenvalue weighted by Crippen LogP contribution is -2.57. The van der Waals surface area contributed by atoms with E-state index in [-0.39, 0.29) is 53.3 Å². The number of amides is 6. The van der Waals surface area contributed by atoms with Crippen LogP contribution >= 0.6 is 0 Å². The van der Waals surface area contributed by atoms with E-state index in [1.165, 1.54) is 36.2 Å². The van der Waals surface area contributed by atoms with Gasteiger partial charge in [-0.1, -0.05) is 109 Å². The normalized spacial score (nSPS) is 16.9. The van der Waals surface area contributed by atoms with E-state index >= 15 is 0 Å². The predicted molar refractivity (Wildman–Crippen MR) is 277 cm³/mol.